The molecule has 24 heavy (non-hydrogen) atoms. The van der Waals surface area contributed by atoms with Crippen LogP contribution in [0, 0.1) is 6.92 Å². The lowest BCUT2D eigenvalue weighted by Crippen LogP contribution is -2.03. The van der Waals surface area contributed by atoms with Gasteiger partial charge in [0.05, 0.1) is 12.2 Å². The highest BCUT2D eigenvalue weighted by molar-refractivity contribution is 9.10. The normalized spacial score (nSPS) is 10.8. The van der Waals surface area contributed by atoms with Crippen LogP contribution in [0.2, 0.25) is 0 Å². The molecule has 3 nitrogen and oxygen atoms in total. The maximum absolute atomic E-state index is 11.3. The zero-order chi connectivity index (χ0) is 17.7. The number of carboxylic acid groups (broad SMARTS) is 1. The fraction of sp³-hybridized carbons (Fsp3) is 0.316. The van der Waals surface area contributed by atoms with Crippen LogP contribution in [0.5, 0.6) is 0 Å². The van der Waals surface area contributed by atoms with E-state index in [1.54, 1.807) is 12.1 Å². The summed E-state index contributed by atoms with van der Waals surface area (Å²) in [7, 11) is 0. The highest BCUT2D eigenvalue weighted by Crippen LogP contribution is 2.24. The van der Waals surface area contributed by atoms with Crippen LogP contribution in [0.25, 0.3) is 0 Å². The van der Waals surface area contributed by atoms with E-state index < -0.39 is 5.97 Å². The molecule has 2 aromatic rings. The number of unbranched alkanes of at least 4 members (excludes halogenated alkanes) is 1. The van der Waals surface area contributed by atoms with E-state index in [0.29, 0.717) is 5.56 Å². The van der Waals surface area contributed by atoms with Gasteiger partial charge in [0, 0.05) is 8.95 Å². The third-order valence-electron chi connectivity index (χ3n) is 4.13. The number of hydrogen-bond acceptors (Lipinski definition) is 2. The summed E-state index contributed by atoms with van der Waals surface area (Å²) < 4.78 is 1.92. The third kappa shape index (κ3) is 4.91. The van der Waals surface area contributed by atoms with E-state index in [1.165, 1.54) is 0 Å². The topological polar surface area (TPSA) is 57.5 Å². The van der Waals surface area contributed by atoms with Crippen molar-refractivity contribution in [1.82, 2.24) is 0 Å². The molecule has 0 atom stereocenters. The van der Waals surface area contributed by atoms with E-state index in [4.69, 9.17) is 0 Å². The van der Waals surface area contributed by atoms with Crippen molar-refractivity contribution in [1.29, 1.82) is 0 Å². The van der Waals surface area contributed by atoms with E-state index >= 15 is 0 Å². The van der Waals surface area contributed by atoms with E-state index in [0.717, 1.165) is 56.9 Å². The number of aryl methyl sites for hydroxylation is 3. The van der Waals surface area contributed by atoms with Crippen LogP contribution in [0.4, 0.5) is 0 Å². The fourth-order valence-corrected chi connectivity index (χ4v) is 3.93. The lowest BCUT2D eigenvalue weighted by molar-refractivity contribution is 0.0695. The average Bonchev–Trinajstić information content (AvgIpc) is 2.51. The number of rotatable bonds is 7. The predicted molar refractivity (Wildman–Crippen MR) is 103 cm³/mol. The first-order chi connectivity index (χ1) is 11.4. The Kier molecular flexibility index (Phi) is 7.02. The average molecular weight is 456 g/mol. The van der Waals surface area contributed by atoms with Crippen molar-refractivity contribution in [2.75, 3.05) is 0 Å². The lowest BCUT2D eigenvalue weighted by atomic mass is 9.96. The van der Waals surface area contributed by atoms with E-state index in [2.05, 4.69) is 37.9 Å². The van der Waals surface area contributed by atoms with Crippen LogP contribution in [0.3, 0.4) is 0 Å². The van der Waals surface area contributed by atoms with Crippen molar-refractivity contribution in [3.63, 3.8) is 0 Å². The molecule has 0 bridgehead atoms. The van der Waals surface area contributed by atoms with Crippen LogP contribution >= 0.6 is 31.9 Å². The Morgan fingerprint density at radius 1 is 1.00 bits per heavy atom. The Morgan fingerprint density at radius 3 is 2.25 bits per heavy atom. The van der Waals surface area contributed by atoms with Gasteiger partial charge in [-0.1, -0.05) is 31.9 Å². The molecule has 2 N–H and O–H groups in total. The van der Waals surface area contributed by atoms with Crippen LogP contribution in [0.15, 0.2) is 39.3 Å². The molecule has 0 fully saturated rings. The standard InChI is InChI=1S/C19H20Br2O3/c1-12-8-16(21)10-14(18(12)11-22)5-3-2-4-13-9-15(20)6-7-17(13)19(23)24/h6-10,22H,2-5,11H2,1H3,(H,23,24). The van der Waals surface area contributed by atoms with Gasteiger partial charge in [-0.3, -0.25) is 0 Å². The number of hydrogen-bond donors (Lipinski definition) is 2. The molecule has 0 aliphatic rings. The number of aromatic carboxylic acids is 1. The maximum Gasteiger partial charge on any atom is 0.335 e. The summed E-state index contributed by atoms with van der Waals surface area (Å²) in [6.45, 7) is 2.05. The second-order valence-electron chi connectivity index (χ2n) is 5.83. The number of aliphatic hydroxyl groups is 1. The van der Waals surface area contributed by atoms with Crippen LogP contribution in [0.1, 0.15) is 45.5 Å². The zero-order valence-corrected chi connectivity index (χ0v) is 16.7. The summed E-state index contributed by atoms with van der Waals surface area (Å²) in [5, 5.41) is 18.8. The Balaban J connectivity index is 2.02. The zero-order valence-electron chi connectivity index (χ0n) is 13.5. The van der Waals surface area contributed by atoms with Crippen molar-refractivity contribution in [2.45, 2.75) is 39.2 Å². The number of halogens is 2. The number of aliphatic hydroxyl groups excluding tert-OH is 1. The SMILES string of the molecule is Cc1cc(Br)cc(CCCCc2cc(Br)ccc2C(=O)O)c1CO. The summed E-state index contributed by atoms with van der Waals surface area (Å²) in [6, 6.07) is 9.34. The van der Waals surface area contributed by atoms with Crippen molar-refractivity contribution in [2.24, 2.45) is 0 Å². The van der Waals surface area contributed by atoms with Gasteiger partial charge in [-0.2, -0.15) is 0 Å². The molecule has 0 aliphatic carbocycles. The largest absolute Gasteiger partial charge is 0.478 e. The first-order valence-electron chi connectivity index (χ1n) is 7.83. The number of carboxylic acids is 1. The highest BCUT2D eigenvalue weighted by atomic mass is 79.9. The first-order valence-corrected chi connectivity index (χ1v) is 9.41. The summed E-state index contributed by atoms with van der Waals surface area (Å²) in [6.07, 6.45) is 3.43. The lowest BCUT2D eigenvalue weighted by Gasteiger charge is -2.12. The maximum atomic E-state index is 11.3. The van der Waals surface area contributed by atoms with Gasteiger partial charge < -0.3 is 10.2 Å². The first kappa shape index (κ1) is 19.2. The molecule has 128 valence electrons. The van der Waals surface area contributed by atoms with Gasteiger partial charge in [0.1, 0.15) is 0 Å². The van der Waals surface area contributed by atoms with Gasteiger partial charge in [-0.05, 0) is 85.2 Å². The monoisotopic (exact) mass is 454 g/mol. The van der Waals surface area contributed by atoms with Gasteiger partial charge in [0.2, 0.25) is 0 Å². The van der Waals surface area contributed by atoms with Crippen molar-refractivity contribution >= 4 is 37.8 Å². The molecule has 0 saturated heterocycles. The molecule has 0 amide bonds. The molecule has 0 saturated carbocycles. The van der Waals surface area contributed by atoms with E-state index in [-0.39, 0.29) is 6.61 Å². The minimum Gasteiger partial charge on any atom is -0.478 e. The van der Waals surface area contributed by atoms with E-state index in [1.807, 2.05) is 19.1 Å². The van der Waals surface area contributed by atoms with Crippen LogP contribution in [-0.2, 0) is 19.4 Å². The highest BCUT2D eigenvalue weighted by Gasteiger charge is 2.11. The second-order valence-corrected chi connectivity index (χ2v) is 7.66. The molecule has 0 heterocycles. The Labute approximate surface area is 159 Å². The molecule has 2 rings (SSSR count). The van der Waals surface area contributed by atoms with Crippen molar-refractivity contribution in [3.05, 3.63) is 67.1 Å². The van der Waals surface area contributed by atoms with Gasteiger partial charge in [-0.25, -0.2) is 4.79 Å². The summed E-state index contributed by atoms with van der Waals surface area (Å²) in [5.41, 5.74) is 4.45. The van der Waals surface area contributed by atoms with Gasteiger partial charge in [0.25, 0.3) is 0 Å². The molecule has 2 aromatic carbocycles. The van der Waals surface area contributed by atoms with Gasteiger partial charge in [-0.15, -0.1) is 0 Å². The Bertz CT molecular complexity index is 742. The summed E-state index contributed by atoms with van der Waals surface area (Å²) in [4.78, 5) is 11.3. The number of carbonyl (C=O) groups is 1. The van der Waals surface area contributed by atoms with E-state index in [9.17, 15) is 15.0 Å². The van der Waals surface area contributed by atoms with Crippen LogP contribution in [-0.4, -0.2) is 16.2 Å². The van der Waals surface area contributed by atoms with Gasteiger partial charge >= 0.3 is 5.97 Å². The van der Waals surface area contributed by atoms with Crippen molar-refractivity contribution < 1.29 is 15.0 Å². The molecule has 0 spiro atoms. The Morgan fingerprint density at radius 2 is 1.62 bits per heavy atom. The quantitative estimate of drug-likeness (QED) is 0.558. The van der Waals surface area contributed by atoms with Gasteiger partial charge in [0.15, 0.2) is 0 Å². The molecule has 0 aliphatic heterocycles. The summed E-state index contributed by atoms with van der Waals surface area (Å²) >= 11 is 6.90. The van der Waals surface area contributed by atoms with Crippen molar-refractivity contribution in [3.8, 4) is 0 Å². The molecule has 0 aromatic heterocycles. The minimum atomic E-state index is -0.886. The molecule has 0 unspecified atom stereocenters. The predicted octanol–water partition coefficient (Wildman–Crippen LogP) is 5.28. The molecular weight excluding hydrogens is 436 g/mol. The Hall–Kier alpha value is -1.17. The summed E-state index contributed by atoms with van der Waals surface area (Å²) in [5.74, 6) is -0.886. The second kappa shape index (κ2) is 8.79. The minimum absolute atomic E-state index is 0.0449. The molecule has 0 radical (unpaired) electrons. The molecular formula is C19H20Br2O3. The number of benzene rings is 2. The smallest absolute Gasteiger partial charge is 0.335 e. The third-order valence-corrected chi connectivity index (χ3v) is 5.08. The molecule has 5 heteroatoms. The van der Waals surface area contributed by atoms with Crippen LogP contribution < -0.4 is 0 Å². The fourth-order valence-electron chi connectivity index (χ4n) is 2.90.